The van der Waals surface area contributed by atoms with Crippen molar-refractivity contribution in [1.29, 1.82) is 5.26 Å². The van der Waals surface area contributed by atoms with E-state index < -0.39 is 22.9 Å². The summed E-state index contributed by atoms with van der Waals surface area (Å²) in [7, 11) is 0. The molecule has 0 amide bonds. The molecule has 0 aliphatic carbocycles. The molecule has 1 aromatic carbocycles. The van der Waals surface area contributed by atoms with Crippen LogP contribution in [0.15, 0.2) is 35.3 Å². The number of nitrogens with zero attached hydrogens (tertiary/aromatic N) is 1. The largest absolute Gasteiger partial charge is 0.477 e. The smallest absolute Gasteiger partial charge is 0.341 e. The molecule has 5 nitrogen and oxygen atoms in total. The van der Waals surface area contributed by atoms with Gasteiger partial charge in [0.05, 0.1) is 11.6 Å². The van der Waals surface area contributed by atoms with Gasteiger partial charge in [0.25, 0.3) is 5.56 Å². The Hall–Kier alpha value is -2.94. The summed E-state index contributed by atoms with van der Waals surface area (Å²) in [6.07, 6.45) is 1.20. The number of aromatic carboxylic acids is 1. The van der Waals surface area contributed by atoms with Gasteiger partial charge in [0, 0.05) is 17.3 Å². The molecule has 0 atom stereocenters. The molecule has 0 unspecified atom stereocenters. The average Bonchev–Trinajstić information content (AvgIpc) is 2.40. The molecule has 1 aromatic heterocycles. The van der Waals surface area contributed by atoms with Crippen LogP contribution >= 0.6 is 0 Å². The zero-order valence-corrected chi connectivity index (χ0v) is 9.48. The van der Waals surface area contributed by atoms with E-state index in [9.17, 15) is 14.0 Å². The topological polar surface area (TPSA) is 94.0 Å². The molecule has 94 valence electrons. The molecule has 0 spiro atoms. The van der Waals surface area contributed by atoms with E-state index in [1.807, 2.05) is 6.07 Å². The molecule has 2 N–H and O–H groups in total. The fourth-order valence-electron chi connectivity index (χ4n) is 1.61. The van der Waals surface area contributed by atoms with Crippen LogP contribution in [0.3, 0.4) is 0 Å². The van der Waals surface area contributed by atoms with E-state index in [1.54, 1.807) is 0 Å². The number of hydrogen-bond acceptors (Lipinski definition) is 3. The van der Waals surface area contributed by atoms with Gasteiger partial charge in [-0.05, 0) is 24.3 Å². The van der Waals surface area contributed by atoms with Crippen molar-refractivity contribution < 1.29 is 14.3 Å². The van der Waals surface area contributed by atoms with E-state index in [4.69, 9.17) is 10.4 Å². The lowest BCUT2D eigenvalue weighted by Crippen LogP contribution is -2.16. The molecule has 0 aliphatic rings. The molecular weight excluding hydrogens is 251 g/mol. The number of carboxylic acids is 1. The lowest BCUT2D eigenvalue weighted by molar-refractivity contribution is 0.0695. The number of aromatic nitrogens is 1. The Bertz CT molecular complexity index is 759. The van der Waals surface area contributed by atoms with Gasteiger partial charge < -0.3 is 10.1 Å². The molecule has 2 aromatic rings. The second kappa shape index (κ2) is 4.74. The number of benzene rings is 1. The molecule has 19 heavy (non-hydrogen) atoms. The quantitative estimate of drug-likeness (QED) is 0.857. The second-order valence-corrected chi connectivity index (χ2v) is 3.74. The zero-order valence-electron chi connectivity index (χ0n) is 9.48. The Labute approximate surface area is 106 Å². The first-order valence-electron chi connectivity index (χ1n) is 5.19. The van der Waals surface area contributed by atoms with E-state index >= 15 is 0 Å². The monoisotopic (exact) mass is 258 g/mol. The Morgan fingerprint density at radius 1 is 1.37 bits per heavy atom. The van der Waals surface area contributed by atoms with Gasteiger partial charge in [-0.2, -0.15) is 5.26 Å². The first kappa shape index (κ1) is 12.5. The molecule has 0 aliphatic heterocycles. The number of carboxylic acid groups (broad SMARTS) is 1. The summed E-state index contributed by atoms with van der Waals surface area (Å²) in [6.45, 7) is 0. The maximum atomic E-state index is 13.7. The van der Waals surface area contributed by atoms with Gasteiger partial charge in [0.15, 0.2) is 0 Å². The standard InChI is InChI=1S/C13H7FN2O3/c14-11-2-1-7(5-15)3-9(11)8-4-10(13(18)19)12(17)16-6-8/h1-4,6H,(H,16,17)(H,18,19). The predicted molar refractivity (Wildman–Crippen MR) is 64.1 cm³/mol. The summed E-state index contributed by atoms with van der Waals surface area (Å²) in [6, 6.07) is 6.63. The van der Waals surface area contributed by atoms with Crippen LogP contribution in [0.25, 0.3) is 11.1 Å². The van der Waals surface area contributed by atoms with Gasteiger partial charge in [-0.3, -0.25) is 4.79 Å². The third kappa shape index (κ3) is 2.35. The van der Waals surface area contributed by atoms with Crippen LogP contribution in [0.5, 0.6) is 0 Å². The number of pyridine rings is 1. The summed E-state index contributed by atoms with van der Waals surface area (Å²) < 4.78 is 13.7. The highest BCUT2D eigenvalue weighted by Crippen LogP contribution is 2.23. The van der Waals surface area contributed by atoms with Crippen LogP contribution in [0.4, 0.5) is 4.39 Å². The minimum Gasteiger partial charge on any atom is -0.477 e. The summed E-state index contributed by atoms with van der Waals surface area (Å²) in [5.41, 5.74) is -0.781. The zero-order chi connectivity index (χ0) is 14.0. The highest BCUT2D eigenvalue weighted by molar-refractivity contribution is 5.88. The summed E-state index contributed by atoms with van der Waals surface area (Å²) in [5, 5.41) is 17.6. The van der Waals surface area contributed by atoms with E-state index in [2.05, 4.69) is 4.98 Å². The van der Waals surface area contributed by atoms with E-state index in [-0.39, 0.29) is 16.7 Å². The number of nitriles is 1. The van der Waals surface area contributed by atoms with Gasteiger partial charge in [0.2, 0.25) is 0 Å². The van der Waals surface area contributed by atoms with Crippen LogP contribution < -0.4 is 5.56 Å². The first-order chi connectivity index (χ1) is 9.02. The Kier molecular flexibility index (Phi) is 3.12. The Morgan fingerprint density at radius 3 is 2.74 bits per heavy atom. The van der Waals surface area contributed by atoms with E-state index in [0.717, 1.165) is 12.1 Å². The third-order valence-corrected chi connectivity index (χ3v) is 2.54. The number of rotatable bonds is 2. The van der Waals surface area contributed by atoms with Crippen LogP contribution in [-0.2, 0) is 0 Å². The first-order valence-corrected chi connectivity index (χ1v) is 5.19. The van der Waals surface area contributed by atoms with E-state index in [1.165, 1.54) is 18.3 Å². The number of hydrogen-bond donors (Lipinski definition) is 2. The predicted octanol–water partition coefficient (Wildman–Crippen LogP) is 1.75. The van der Waals surface area contributed by atoms with Crippen molar-refractivity contribution in [3.63, 3.8) is 0 Å². The van der Waals surface area contributed by atoms with E-state index in [0.29, 0.717) is 0 Å². The van der Waals surface area contributed by atoms with Gasteiger partial charge in [-0.25, -0.2) is 9.18 Å². The van der Waals surface area contributed by atoms with Gasteiger partial charge in [-0.1, -0.05) is 0 Å². The average molecular weight is 258 g/mol. The summed E-state index contributed by atoms with van der Waals surface area (Å²) >= 11 is 0. The molecule has 0 bridgehead atoms. The molecule has 0 saturated heterocycles. The van der Waals surface area contributed by atoms with Gasteiger partial charge in [-0.15, -0.1) is 0 Å². The Morgan fingerprint density at radius 2 is 2.11 bits per heavy atom. The lowest BCUT2D eigenvalue weighted by Gasteiger charge is -2.04. The van der Waals surface area contributed by atoms with Gasteiger partial charge in [0.1, 0.15) is 11.4 Å². The summed E-state index contributed by atoms with van der Waals surface area (Å²) in [4.78, 5) is 24.3. The minimum absolute atomic E-state index is 0.0535. The highest BCUT2D eigenvalue weighted by Gasteiger charge is 2.13. The normalized spacial score (nSPS) is 9.89. The maximum absolute atomic E-state index is 13.7. The highest BCUT2D eigenvalue weighted by atomic mass is 19.1. The van der Waals surface area contributed by atoms with Crippen molar-refractivity contribution >= 4 is 5.97 Å². The second-order valence-electron chi connectivity index (χ2n) is 3.74. The summed E-state index contributed by atoms with van der Waals surface area (Å²) in [5.74, 6) is -2.01. The SMILES string of the molecule is N#Cc1ccc(F)c(-c2c[nH]c(=O)c(C(=O)O)c2)c1. The number of H-pyrrole nitrogens is 1. The van der Waals surface area contributed by atoms with Crippen molar-refractivity contribution in [2.45, 2.75) is 0 Å². The van der Waals surface area contributed by atoms with Crippen molar-refractivity contribution in [2.75, 3.05) is 0 Å². The van der Waals surface area contributed by atoms with Crippen LogP contribution in [0.1, 0.15) is 15.9 Å². The molecule has 6 heteroatoms. The lowest BCUT2D eigenvalue weighted by atomic mass is 10.0. The number of aromatic amines is 1. The number of halogens is 1. The molecule has 0 radical (unpaired) electrons. The minimum atomic E-state index is -1.40. The fourth-order valence-corrected chi connectivity index (χ4v) is 1.61. The fraction of sp³-hybridized carbons (Fsp3) is 0. The van der Waals surface area contributed by atoms with Crippen molar-refractivity contribution in [3.8, 4) is 17.2 Å². The molecule has 2 rings (SSSR count). The third-order valence-electron chi connectivity index (χ3n) is 2.54. The molecular formula is C13H7FN2O3. The van der Waals surface area contributed by atoms with Crippen LogP contribution in [0.2, 0.25) is 0 Å². The molecule has 1 heterocycles. The van der Waals surface area contributed by atoms with Gasteiger partial charge >= 0.3 is 5.97 Å². The maximum Gasteiger partial charge on any atom is 0.341 e. The molecule has 0 saturated carbocycles. The van der Waals surface area contributed by atoms with Crippen LogP contribution in [-0.4, -0.2) is 16.1 Å². The number of nitrogens with one attached hydrogen (secondary N) is 1. The van der Waals surface area contributed by atoms with Crippen LogP contribution in [0, 0.1) is 17.1 Å². The van der Waals surface area contributed by atoms with Crippen molar-refractivity contribution in [1.82, 2.24) is 4.98 Å². The molecule has 0 fully saturated rings. The van der Waals surface area contributed by atoms with Crippen molar-refractivity contribution in [3.05, 3.63) is 57.8 Å². The van der Waals surface area contributed by atoms with Crippen molar-refractivity contribution in [2.24, 2.45) is 0 Å². The number of carbonyl (C=O) groups is 1. The Balaban J connectivity index is 2.66.